The van der Waals surface area contributed by atoms with Crippen molar-refractivity contribution in [2.75, 3.05) is 0 Å². The van der Waals surface area contributed by atoms with E-state index in [1.165, 1.54) is 30.0 Å². The van der Waals surface area contributed by atoms with Crippen LogP contribution in [0.3, 0.4) is 0 Å². The van der Waals surface area contributed by atoms with Gasteiger partial charge in [0.15, 0.2) is 0 Å². The molecule has 5 nitrogen and oxygen atoms in total. The molecule has 3 rings (SSSR count). The van der Waals surface area contributed by atoms with Gasteiger partial charge in [-0.3, -0.25) is 4.79 Å². The summed E-state index contributed by atoms with van der Waals surface area (Å²) >= 11 is 1.24. The maximum Gasteiger partial charge on any atom is 0.304 e. The molecule has 0 fully saturated rings. The van der Waals surface area contributed by atoms with Crippen LogP contribution in [0, 0.1) is 0 Å². The summed E-state index contributed by atoms with van der Waals surface area (Å²) in [5, 5.41) is 38.9. The van der Waals surface area contributed by atoms with Gasteiger partial charge in [0, 0.05) is 16.9 Å². The predicted molar refractivity (Wildman–Crippen MR) is 103 cm³/mol. The fraction of sp³-hybridized carbons (Fsp3) is 0.0952. The summed E-state index contributed by atoms with van der Waals surface area (Å²) in [6.45, 7) is 0. The first-order chi connectivity index (χ1) is 12.9. The van der Waals surface area contributed by atoms with Crippen molar-refractivity contribution < 1.29 is 25.2 Å². The van der Waals surface area contributed by atoms with E-state index in [-0.39, 0.29) is 23.7 Å². The number of hydrogen-bond donors (Lipinski definition) is 4. The lowest BCUT2D eigenvalue weighted by Gasteiger charge is -2.20. The highest BCUT2D eigenvalue weighted by atomic mass is 32.2. The van der Waals surface area contributed by atoms with Gasteiger partial charge >= 0.3 is 5.97 Å². The second-order valence-corrected chi connectivity index (χ2v) is 7.12. The Hall–Kier alpha value is -3.12. The normalized spacial score (nSPS) is 11.9. The molecule has 0 aromatic heterocycles. The van der Waals surface area contributed by atoms with Gasteiger partial charge in [-0.15, -0.1) is 0 Å². The van der Waals surface area contributed by atoms with E-state index in [4.69, 9.17) is 0 Å². The molecular formula is C21H18O5S. The fourth-order valence-electron chi connectivity index (χ4n) is 2.88. The molecule has 27 heavy (non-hydrogen) atoms. The quantitative estimate of drug-likeness (QED) is 0.499. The average molecular weight is 382 g/mol. The summed E-state index contributed by atoms with van der Waals surface area (Å²) < 4.78 is 0. The van der Waals surface area contributed by atoms with Crippen LogP contribution in [0.5, 0.6) is 17.2 Å². The van der Waals surface area contributed by atoms with Gasteiger partial charge in [0.1, 0.15) is 17.2 Å². The van der Waals surface area contributed by atoms with E-state index in [9.17, 15) is 25.2 Å². The van der Waals surface area contributed by atoms with Crippen molar-refractivity contribution in [3.05, 3.63) is 77.9 Å². The van der Waals surface area contributed by atoms with E-state index in [0.29, 0.717) is 15.4 Å². The number of hydrogen-bond acceptors (Lipinski definition) is 5. The van der Waals surface area contributed by atoms with Crippen LogP contribution in [0.1, 0.15) is 23.5 Å². The molecule has 0 aliphatic rings. The highest BCUT2D eigenvalue weighted by Crippen LogP contribution is 2.42. The van der Waals surface area contributed by atoms with Gasteiger partial charge in [0.05, 0.1) is 11.3 Å². The number of phenols is 3. The maximum atomic E-state index is 11.5. The smallest absolute Gasteiger partial charge is 0.304 e. The largest absolute Gasteiger partial charge is 0.508 e. The predicted octanol–water partition coefficient (Wildman–Crippen LogP) is 4.56. The van der Waals surface area contributed by atoms with Crippen molar-refractivity contribution >= 4 is 17.7 Å². The van der Waals surface area contributed by atoms with Gasteiger partial charge < -0.3 is 20.4 Å². The Kier molecular flexibility index (Phi) is 5.57. The van der Waals surface area contributed by atoms with E-state index >= 15 is 0 Å². The minimum Gasteiger partial charge on any atom is -0.508 e. The van der Waals surface area contributed by atoms with E-state index in [2.05, 4.69) is 0 Å². The standard InChI is InChI=1S/C21H18O5S/c22-14-6-8-19(27-20-9-7-15(23)11-18(20)24)17(10-14)16(12-21(25)26)13-4-2-1-3-5-13/h1-11,16,22-24H,12H2,(H,25,26). The van der Waals surface area contributed by atoms with Crippen LogP contribution in [-0.4, -0.2) is 26.4 Å². The maximum absolute atomic E-state index is 11.5. The third kappa shape index (κ3) is 4.54. The summed E-state index contributed by atoms with van der Waals surface area (Å²) in [7, 11) is 0. The molecule has 138 valence electrons. The molecule has 0 spiro atoms. The molecule has 3 aromatic rings. The van der Waals surface area contributed by atoms with E-state index < -0.39 is 11.9 Å². The first-order valence-electron chi connectivity index (χ1n) is 8.23. The molecule has 0 bridgehead atoms. The molecule has 0 saturated heterocycles. The Morgan fingerprint density at radius 3 is 2.11 bits per heavy atom. The van der Waals surface area contributed by atoms with Crippen LogP contribution in [-0.2, 0) is 4.79 Å². The van der Waals surface area contributed by atoms with Crippen molar-refractivity contribution in [2.24, 2.45) is 0 Å². The second kappa shape index (κ2) is 8.05. The van der Waals surface area contributed by atoms with Crippen LogP contribution in [0.15, 0.2) is 76.5 Å². The lowest BCUT2D eigenvalue weighted by molar-refractivity contribution is -0.137. The van der Waals surface area contributed by atoms with Crippen molar-refractivity contribution in [2.45, 2.75) is 22.1 Å². The van der Waals surface area contributed by atoms with Crippen molar-refractivity contribution in [3.8, 4) is 17.2 Å². The molecular weight excluding hydrogens is 364 g/mol. The van der Waals surface area contributed by atoms with Crippen molar-refractivity contribution in [1.82, 2.24) is 0 Å². The van der Waals surface area contributed by atoms with Crippen LogP contribution < -0.4 is 0 Å². The molecule has 1 atom stereocenters. The molecule has 3 aromatic carbocycles. The third-order valence-corrected chi connectivity index (χ3v) is 5.27. The number of carboxylic acids is 1. The van der Waals surface area contributed by atoms with Crippen molar-refractivity contribution in [1.29, 1.82) is 0 Å². The highest BCUT2D eigenvalue weighted by Gasteiger charge is 2.22. The molecule has 0 heterocycles. The van der Waals surface area contributed by atoms with Crippen LogP contribution in [0.4, 0.5) is 0 Å². The van der Waals surface area contributed by atoms with Crippen LogP contribution >= 0.6 is 11.8 Å². The number of aliphatic carboxylic acids is 1. The average Bonchev–Trinajstić information content (AvgIpc) is 2.64. The SMILES string of the molecule is O=C(O)CC(c1ccccc1)c1cc(O)ccc1Sc1ccc(O)cc1O. The van der Waals surface area contributed by atoms with Crippen molar-refractivity contribution in [3.63, 3.8) is 0 Å². The zero-order valence-electron chi connectivity index (χ0n) is 14.2. The minimum atomic E-state index is -0.948. The fourth-order valence-corrected chi connectivity index (χ4v) is 3.87. The Morgan fingerprint density at radius 2 is 1.48 bits per heavy atom. The molecule has 0 aliphatic heterocycles. The van der Waals surface area contributed by atoms with Gasteiger partial charge in [-0.05, 0) is 41.5 Å². The van der Waals surface area contributed by atoms with Crippen LogP contribution in [0.25, 0.3) is 0 Å². The summed E-state index contributed by atoms with van der Waals surface area (Å²) in [6.07, 6.45) is -0.136. The highest BCUT2D eigenvalue weighted by molar-refractivity contribution is 7.99. The number of benzene rings is 3. The molecule has 0 aliphatic carbocycles. The molecule has 1 unspecified atom stereocenters. The van der Waals surface area contributed by atoms with Gasteiger partial charge in [0.2, 0.25) is 0 Å². The third-order valence-electron chi connectivity index (χ3n) is 4.11. The molecule has 4 N–H and O–H groups in total. The Bertz CT molecular complexity index is 956. The molecule has 6 heteroatoms. The Labute approximate surface area is 160 Å². The number of aromatic hydroxyl groups is 3. The minimum absolute atomic E-state index is 0.0376. The number of rotatable bonds is 6. The van der Waals surface area contributed by atoms with Gasteiger partial charge in [-0.2, -0.15) is 0 Å². The zero-order chi connectivity index (χ0) is 19.4. The summed E-state index contributed by atoms with van der Waals surface area (Å²) in [5.74, 6) is -1.49. The van der Waals surface area contributed by atoms with Crippen LogP contribution in [0.2, 0.25) is 0 Å². The summed E-state index contributed by atoms with van der Waals surface area (Å²) in [6, 6.07) is 18.3. The van der Waals surface area contributed by atoms with E-state index in [0.717, 1.165) is 5.56 Å². The number of carbonyl (C=O) groups is 1. The first-order valence-corrected chi connectivity index (χ1v) is 9.05. The second-order valence-electron chi connectivity index (χ2n) is 6.04. The summed E-state index contributed by atoms with van der Waals surface area (Å²) in [4.78, 5) is 12.7. The number of phenolic OH excluding ortho intramolecular Hbond substituents is 3. The van der Waals surface area contributed by atoms with Gasteiger partial charge in [-0.1, -0.05) is 42.1 Å². The Balaban J connectivity index is 2.07. The van der Waals surface area contributed by atoms with E-state index in [1.54, 1.807) is 18.2 Å². The Morgan fingerprint density at radius 1 is 0.852 bits per heavy atom. The number of carboxylic acid groups (broad SMARTS) is 1. The molecule has 0 saturated carbocycles. The molecule has 0 radical (unpaired) electrons. The summed E-state index contributed by atoms with van der Waals surface area (Å²) in [5.41, 5.74) is 1.48. The van der Waals surface area contributed by atoms with Gasteiger partial charge in [0.25, 0.3) is 0 Å². The van der Waals surface area contributed by atoms with E-state index in [1.807, 2.05) is 30.3 Å². The first kappa shape index (κ1) is 18.7. The monoisotopic (exact) mass is 382 g/mol. The topological polar surface area (TPSA) is 98.0 Å². The van der Waals surface area contributed by atoms with Gasteiger partial charge in [-0.25, -0.2) is 0 Å². The molecule has 0 amide bonds. The lowest BCUT2D eigenvalue weighted by atomic mass is 9.88. The zero-order valence-corrected chi connectivity index (χ0v) is 15.1. The lowest BCUT2D eigenvalue weighted by Crippen LogP contribution is -2.09.